The molecule has 58 valence electrons. The van der Waals surface area contributed by atoms with Gasteiger partial charge in [0.1, 0.15) is 0 Å². The van der Waals surface area contributed by atoms with Crippen molar-refractivity contribution < 1.29 is 13.3 Å². The maximum Gasteiger partial charge on any atom is 0.299 e. The molecule has 0 amide bonds. The highest BCUT2D eigenvalue weighted by atomic mass is 32.2. The van der Waals surface area contributed by atoms with Gasteiger partial charge in [-0.2, -0.15) is 4.21 Å². The summed E-state index contributed by atoms with van der Waals surface area (Å²) in [7, 11) is 0. The third-order valence-electron chi connectivity index (χ3n) is 0.471. The molecule has 0 rings (SSSR count). The fourth-order valence-corrected chi connectivity index (χ4v) is 0. The van der Waals surface area contributed by atoms with Gasteiger partial charge >= 0.3 is 0 Å². The van der Waals surface area contributed by atoms with Crippen LogP contribution in [0.2, 0.25) is 0 Å². The smallest absolute Gasteiger partial charge is 0.299 e. The first-order valence-corrected chi connectivity index (χ1v) is 3.57. The quantitative estimate of drug-likeness (QED) is 0.475. The van der Waals surface area contributed by atoms with E-state index in [-0.39, 0.29) is 0 Å². The van der Waals surface area contributed by atoms with E-state index in [9.17, 15) is 0 Å². The molecule has 0 aliphatic rings. The van der Waals surface area contributed by atoms with E-state index >= 15 is 0 Å². The van der Waals surface area contributed by atoms with Crippen LogP contribution in [-0.2, 0) is 11.4 Å². The van der Waals surface area contributed by atoms with Gasteiger partial charge in [-0.25, -0.2) is 0 Å². The number of nitrogens with two attached hydrogens (primary N) is 1. The lowest BCUT2D eigenvalue weighted by Gasteiger charge is -1.91. The zero-order valence-corrected chi connectivity index (χ0v) is 6.39. The summed E-state index contributed by atoms with van der Waals surface area (Å²) in [5.74, 6) is 0.662. The van der Waals surface area contributed by atoms with E-state index < -0.39 is 11.4 Å². The van der Waals surface area contributed by atoms with Gasteiger partial charge in [0.05, 0.1) is 0 Å². The third-order valence-corrected chi connectivity index (χ3v) is 0.471. The zero-order valence-electron chi connectivity index (χ0n) is 5.57. The molecule has 0 unspecified atom stereocenters. The molecule has 5 heteroatoms. The zero-order chi connectivity index (χ0) is 7.86. The lowest BCUT2D eigenvalue weighted by Crippen LogP contribution is -2.05. The Hall–Kier alpha value is 0.0300. The Morgan fingerprint density at radius 2 is 1.67 bits per heavy atom. The molecule has 0 bridgehead atoms. The molecule has 0 fully saturated rings. The first-order chi connectivity index (χ1) is 4.00. The van der Waals surface area contributed by atoms with E-state index in [1.54, 1.807) is 0 Å². The Labute approximate surface area is 57.6 Å². The van der Waals surface area contributed by atoms with E-state index in [1.165, 1.54) is 0 Å². The summed E-state index contributed by atoms with van der Waals surface area (Å²) in [6, 6.07) is 0. The van der Waals surface area contributed by atoms with Gasteiger partial charge in [-0.05, 0) is 12.5 Å². The monoisotopic (exact) mass is 155 g/mol. The SMILES string of the molecule is CC(C)CN.O=S(O)O. The summed E-state index contributed by atoms with van der Waals surface area (Å²) in [4.78, 5) is 0. The molecular weight excluding hydrogens is 142 g/mol. The maximum absolute atomic E-state index is 8.67. The van der Waals surface area contributed by atoms with Crippen molar-refractivity contribution in [3.05, 3.63) is 0 Å². The van der Waals surface area contributed by atoms with Gasteiger partial charge in [0.2, 0.25) is 0 Å². The van der Waals surface area contributed by atoms with E-state index in [4.69, 9.17) is 19.0 Å². The Bertz CT molecular complexity index is 72.2. The predicted octanol–water partition coefficient (Wildman–Crippen LogP) is 0.282. The van der Waals surface area contributed by atoms with Crippen LogP contribution in [0.4, 0.5) is 0 Å². The fraction of sp³-hybridized carbons (Fsp3) is 1.00. The molecule has 0 aliphatic carbocycles. The van der Waals surface area contributed by atoms with Crippen molar-refractivity contribution in [3.8, 4) is 0 Å². The molecular formula is C4H13NO3S. The molecule has 0 aromatic heterocycles. The van der Waals surface area contributed by atoms with Gasteiger partial charge in [-0.3, -0.25) is 9.11 Å². The number of rotatable bonds is 1. The second-order valence-corrected chi connectivity index (χ2v) is 2.32. The molecule has 0 radical (unpaired) electrons. The highest BCUT2D eigenvalue weighted by Crippen LogP contribution is 1.81. The van der Waals surface area contributed by atoms with Crippen LogP contribution in [0.25, 0.3) is 0 Å². The highest BCUT2D eigenvalue weighted by molar-refractivity contribution is 7.73. The summed E-state index contributed by atoms with van der Waals surface area (Å²) in [5, 5.41) is 0. The van der Waals surface area contributed by atoms with Crippen LogP contribution >= 0.6 is 0 Å². The van der Waals surface area contributed by atoms with E-state index in [0.29, 0.717) is 5.92 Å². The van der Waals surface area contributed by atoms with Gasteiger partial charge in [0.15, 0.2) is 0 Å². The Balaban J connectivity index is 0. The third kappa shape index (κ3) is 70.9. The second-order valence-electron chi connectivity index (χ2n) is 1.86. The fourth-order valence-electron chi connectivity index (χ4n) is 0. The molecule has 0 heterocycles. The van der Waals surface area contributed by atoms with Crippen LogP contribution in [0.15, 0.2) is 0 Å². The van der Waals surface area contributed by atoms with Crippen molar-refractivity contribution in [1.29, 1.82) is 0 Å². The van der Waals surface area contributed by atoms with Crippen LogP contribution in [0.3, 0.4) is 0 Å². The van der Waals surface area contributed by atoms with Crippen LogP contribution < -0.4 is 5.73 Å². The number of hydrogen-bond acceptors (Lipinski definition) is 2. The number of hydrogen-bond donors (Lipinski definition) is 3. The van der Waals surface area contributed by atoms with Gasteiger partial charge in [-0.1, -0.05) is 13.8 Å². The minimum atomic E-state index is -2.61. The van der Waals surface area contributed by atoms with Crippen LogP contribution in [-0.4, -0.2) is 19.9 Å². The van der Waals surface area contributed by atoms with Crippen molar-refractivity contribution >= 4 is 11.4 Å². The molecule has 0 spiro atoms. The molecule has 0 saturated carbocycles. The minimum Gasteiger partial charge on any atom is -0.330 e. The van der Waals surface area contributed by atoms with E-state index in [2.05, 4.69) is 13.8 Å². The van der Waals surface area contributed by atoms with Crippen molar-refractivity contribution in [2.75, 3.05) is 6.54 Å². The Morgan fingerprint density at radius 3 is 1.67 bits per heavy atom. The molecule has 4 N–H and O–H groups in total. The van der Waals surface area contributed by atoms with E-state index in [0.717, 1.165) is 6.54 Å². The summed E-state index contributed by atoms with van der Waals surface area (Å²) >= 11 is -2.61. The standard InChI is InChI=1S/C4H11N.H2O3S/c1-4(2)3-5;1-4(2)3/h4H,3,5H2,1-2H3;(H2,1,2,3). The van der Waals surface area contributed by atoms with Crippen LogP contribution in [0.5, 0.6) is 0 Å². The molecule has 0 aliphatic heterocycles. The molecule has 0 atom stereocenters. The molecule has 0 aromatic rings. The molecule has 4 nitrogen and oxygen atoms in total. The summed E-state index contributed by atoms with van der Waals surface area (Å²) < 4.78 is 22.8. The van der Waals surface area contributed by atoms with Crippen LogP contribution in [0, 0.1) is 5.92 Å². The Morgan fingerprint density at radius 1 is 1.56 bits per heavy atom. The second kappa shape index (κ2) is 8.03. The highest BCUT2D eigenvalue weighted by Gasteiger charge is 1.80. The Kier molecular flexibility index (Phi) is 10.5. The summed E-state index contributed by atoms with van der Waals surface area (Å²) in [5.41, 5.74) is 5.17. The normalized spacial score (nSPS) is 9.22. The van der Waals surface area contributed by atoms with Crippen molar-refractivity contribution in [2.45, 2.75) is 13.8 Å². The average Bonchev–Trinajstić information content (AvgIpc) is 1.65. The van der Waals surface area contributed by atoms with Crippen molar-refractivity contribution in [2.24, 2.45) is 11.7 Å². The molecule has 0 aromatic carbocycles. The molecule has 9 heavy (non-hydrogen) atoms. The lowest BCUT2D eigenvalue weighted by molar-refractivity contribution is 0.454. The average molecular weight is 155 g/mol. The largest absolute Gasteiger partial charge is 0.330 e. The van der Waals surface area contributed by atoms with Crippen molar-refractivity contribution in [1.82, 2.24) is 0 Å². The summed E-state index contributed by atoms with van der Waals surface area (Å²) in [6.45, 7) is 5.00. The van der Waals surface area contributed by atoms with E-state index in [1.807, 2.05) is 0 Å². The summed E-state index contributed by atoms with van der Waals surface area (Å²) in [6.07, 6.45) is 0. The van der Waals surface area contributed by atoms with Gasteiger partial charge in [0.25, 0.3) is 11.4 Å². The topological polar surface area (TPSA) is 83.6 Å². The van der Waals surface area contributed by atoms with Crippen molar-refractivity contribution in [3.63, 3.8) is 0 Å². The van der Waals surface area contributed by atoms with Gasteiger partial charge in [0, 0.05) is 0 Å². The minimum absolute atomic E-state index is 0.662. The first kappa shape index (κ1) is 11.8. The predicted molar refractivity (Wildman–Crippen MR) is 37.3 cm³/mol. The first-order valence-electron chi connectivity index (χ1n) is 2.50. The van der Waals surface area contributed by atoms with Crippen LogP contribution in [0.1, 0.15) is 13.8 Å². The maximum atomic E-state index is 8.67. The lowest BCUT2D eigenvalue weighted by atomic mass is 10.2. The molecule has 0 saturated heterocycles. The van der Waals surface area contributed by atoms with Gasteiger partial charge < -0.3 is 5.73 Å². The van der Waals surface area contributed by atoms with Gasteiger partial charge in [-0.15, -0.1) is 0 Å².